The zero-order valence-electron chi connectivity index (χ0n) is 23.6. The summed E-state index contributed by atoms with van der Waals surface area (Å²) in [5.74, 6) is -3.76. The third kappa shape index (κ3) is 6.46. The minimum Gasteiger partial charge on any atom is -0.475 e. The molecule has 3 heterocycles. The van der Waals surface area contributed by atoms with E-state index < -0.39 is 18.1 Å². The number of carbonyl (C=O) groups excluding carboxylic acids is 3. The number of nitrogens with two attached hydrogens (primary N) is 2. The second-order valence-corrected chi connectivity index (χ2v) is 9.95. The number of carbonyl (C=O) groups is 4. The molecule has 0 unspecified atom stereocenters. The van der Waals surface area contributed by atoms with Gasteiger partial charge in [0, 0.05) is 31.0 Å². The Hall–Kier alpha value is -5.45. The van der Waals surface area contributed by atoms with Crippen LogP contribution in [0.5, 0.6) is 0 Å². The number of halogens is 3. The van der Waals surface area contributed by atoms with Gasteiger partial charge < -0.3 is 35.8 Å². The van der Waals surface area contributed by atoms with Gasteiger partial charge in [-0.25, -0.2) is 9.48 Å². The Morgan fingerprint density at radius 1 is 1.07 bits per heavy atom. The molecule has 5 N–H and O–H groups in total. The molecule has 44 heavy (non-hydrogen) atoms. The average Bonchev–Trinajstić information content (AvgIpc) is 3.68. The summed E-state index contributed by atoms with van der Waals surface area (Å²) in [6.45, 7) is 0.689. The van der Waals surface area contributed by atoms with Crippen molar-refractivity contribution in [3.63, 3.8) is 0 Å². The first-order valence-corrected chi connectivity index (χ1v) is 12.8. The van der Waals surface area contributed by atoms with E-state index in [-0.39, 0.29) is 35.6 Å². The van der Waals surface area contributed by atoms with E-state index in [0.29, 0.717) is 41.0 Å². The Morgan fingerprint density at radius 3 is 2.36 bits per heavy atom. The highest BCUT2D eigenvalue weighted by molar-refractivity contribution is 6.08. The molecule has 4 aromatic rings. The van der Waals surface area contributed by atoms with Crippen LogP contribution in [-0.4, -0.2) is 89.0 Å². The Bertz CT molecular complexity index is 1760. The van der Waals surface area contributed by atoms with Crippen molar-refractivity contribution in [3.8, 4) is 5.69 Å². The number of hydrogen-bond acceptors (Lipinski definition) is 9. The second kappa shape index (κ2) is 12.0. The molecule has 0 spiro atoms. The molecule has 3 amide bonds. The van der Waals surface area contributed by atoms with Gasteiger partial charge in [0.15, 0.2) is 17.1 Å². The summed E-state index contributed by atoms with van der Waals surface area (Å²) in [5, 5.41) is 15.7. The van der Waals surface area contributed by atoms with Crippen molar-refractivity contribution < 1.29 is 42.0 Å². The molecule has 0 saturated carbocycles. The van der Waals surface area contributed by atoms with Gasteiger partial charge in [-0.3, -0.25) is 14.4 Å². The quantitative estimate of drug-likeness (QED) is 0.289. The maximum Gasteiger partial charge on any atom is 0.490 e. The largest absolute Gasteiger partial charge is 0.490 e. The monoisotopic (exact) mass is 616 g/mol. The van der Waals surface area contributed by atoms with Crippen molar-refractivity contribution in [2.24, 2.45) is 5.73 Å². The average molecular weight is 617 g/mol. The Labute approximate surface area is 247 Å². The van der Waals surface area contributed by atoms with Crippen LogP contribution < -0.4 is 21.3 Å². The fourth-order valence-electron chi connectivity index (χ4n) is 4.37. The minimum atomic E-state index is -5.08. The lowest BCUT2D eigenvalue weighted by Crippen LogP contribution is -2.35. The second-order valence-electron chi connectivity index (χ2n) is 9.95. The van der Waals surface area contributed by atoms with Crippen molar-refractivity contribution in [2.45, 2.75) is 12.6 Å². The van der Waals surface area contributed by atoms with Gasteiger partial charge in [0.2, 0.25) is 5.91 Å². The first kappa shape index (κ1) is 31.5. The molecule has 1 aliphatic rings. The molecule has 2 aromatic heterocycles. The van der Waals surface area contributed by atoms with Gasteiger partial charge in [-0.1, -0.05) is 11.2 Å². The van der Waals surface area contributed by atoms with Crippen LogP contribution >= 0.6 is 0 Å². The topological polar surface area (TPSA) is 194 Å². The highest BCUT2D eigenvalue weighted by Crippen LogP contribution is 2.34. The number of benzene rings is 2. The summed E-state index contributed by atoms with van der Waals surface area (Å²) < 4.78 is 38.3. The third-order valence-corrected chi connectivity index (χ3v) is 6.57. The van der Waals surface area contributed by atoms with Gasteiger partial charge in [-0.2, -0.15) is 18.3 Å². The minimum absolute atomic E-state index is 0.0519. The highest BCUT2D eigenvalue weighted by atomic mass is 19.4. The van der Waals surface area contributed by atoms with E-state index in [4.69, 9.17) is 25.9 Å². The van der Waals surface area contributed by atoms with E-state index in [1.54, 1.807) is 39.9 Å². The smallest absolute Gasteiger partial charge is 0.475 e. The van der Waals surface area contributed by atoms with Gasteiger partial charge in [0.25, 0.3) is 11.8 Å². The fraction of sp³-hybridized carbons (Fsp3) is 0.259. The van der Waals surface area contributed by atoms with E-state index in [1.807, 2.05) is 32.3 Å². The van der Waals surface area contributed by atoms with Crippen LogP contribution in [0.4, 0.5) is 30.4 Å². The number of carboxylic acid groups (broad SMARTS) is 1. The van der Waals surface area contributed by atoms with Crippen LogP contribution in [0.1, 0.15) is 26.5 Å². The number of rotatable bonds is 6. The number of anilines is 3. The number of hydrogen-bond donors (Lipinski definition) is 3. The van der Waals surface area contributed by atoms with E-state index in [1.165, 1.54) is 10.7 Å². The molecule has 0 aliphatic carbocycles. The Balaban J connectivity index is 0.000000566. The van der Waals surface area contributed by atoms with Crippen LogP contribution in [0.25, 0.3) is 16.7 Å². The summed E-state index contributed by atoms with van der Waals surface area (Å²) >= 11 is 0. The summed E-state index contributed by atoms with van der Waals surface area (Å²) in [5.41, 5.74) is 14.8. The molecule has 0 radical (unpaired) electrons. The van der Waals surface area contributed by atoms with Gasteiger partial charge in [-0.05, 0) is 56.4 Å². The van der Waals surface area contributed by atoms with Crippen molar-refractivity contribution >= 4 is 51.9 Å². The molecular formula is C27H27F3N8O6. The molecular weight excluding hydrogens is 589 g/mol. The first-order chi connectivity index (χ1) is 20.6. The molecule has 0 fully saturated rings. The molecule has 0 bridgehead atoms. The lowest BCUT2D eigenvalue weighted by Gasteiger charge is -2.22. The van der Waals surface area contributed by atoms with Gasteiger partial charge in [0.1, 0.15) is 5.69 Å². The summed E-state index contributed by atoms with van der Waals surface area (Å²) in [6, 6.07) is 12.0. The fourth-order valence-corrected chi connectivity index (χ4v) is 4.37. The van der Waals surface area contributed by atoms with Crippen LogP contribution in [0.3, 0.4) is 0 Å². The SMILES string of the molecule is CN(C)CC(=O)N(C)c1ccc2c(c1)N(C(=O)c1cc(C(N)=O)nn1-c1ccc3onc(N)c3c1)CC2.O=C(O)C(F)(F)F. The normalized spacial score (nSPS) is 12.6. The van der Waals surface area contributed by atoms with Crippen molar-refractivity contribution in [3.05, 3.63) is 59.4 Å². The van der Waals surface area contributed by atoms with E-state index >= 15 is 0 Å². The number of nitrogen functional groups attached to an aromatic ring is 1. The van der Waals surface area contributed by atoms with Gasteiger partial charge >= 0.3 is 12.1 Å². The Kier molecular flexibility index (Phi) is 8.61. The van der Waals surface area contributed by atoms with Crippen molar-refractivity contribution in [1.29, 1.82) is 0 Å². The number of aromatic nitrogens is 3. The molecule has 2 aromatic carbocycles. The zero-order valence-corrected chi connectivity index (χ0v) is 23.6. The highest BCUT2D eigenvalue weighted by Gasteiger charge is 2.38. The standard InChI is InChI=1S/C25H26N8O4.C2HF3O2/c1-30(2)13-22(34)31(3)15-5-4-14-8-9-32(19(14)11-15)25(36)20-12-18(24(27)35)28-33(20)16-6-7-21-17(10-16)23(26)29-37-21;3-2(4,5)1(6)7/h4-7,10-12H,8-9,13H2,1-3H3,(H2,26,29)(H2,27,35);(H,6,7). The van der Waals surface area contributed by atoms with Crippen LogP contribution in [-0.2, 0) is 16.0 Å². The molecule has 17 heteroatoms. The predicted molar refractivity (Wildman–Crippen MR) is 152 cm³/mol. The molecule has 14 nitrogen and oxygen atoms in total. The molecule has 232 valence electrons. The molecule has 1 aliphatic heterocycles. The van der Waals surface area contributed by atoms with Crippen molar-refractivity contribution in [2.75, 3.05) is 49.8 Å². The molecule has 5 rings (SSSR count). The lowest BCUT2D eigenvalue weighted by atomic mass is 10.1. The van der Waals surface area contributed by atoms with E-state index in [2.05, 4.69) is 10.3 Å². The number of likely N-dealkylation sites (N-methyl/N-ethyl adjacent to an activating group) is 2. The van der Waals surface area contributed by atoms with Crippen LogP contribution in [0.2, 0.25) is 0 Å². The molecule has 0 saturated heterocycles. The number of aliphatic carboxylic acids is 1. The van der Waals surface area contributed by atoms with Crippen molar-refractivity contribution in [1.82, 2.24) is 19.8 Å². The summed E-state index contributed by atoms with van der Waals surface area (Å²) in [6.07, 6.45) is -4.43. The van der Waals surface area contributed by atoms with Gasteiger partial charge in [0.05, 0.1) is 17.6 Å². The zero-order chi connectivity index (χ0) is 32.5. The number of carboxylic acids is 1. The number of primary amides is 1. The third-order valence-electron chi connectivity index (χ3n) is 6.57. The van der Waals surface area contributed by atoms with Crippen LogP contribution in [0, 0.1) is 0 Å². The number of nitrogens with zero attached hydrogens (tertiary/aromatic N) is 6. The lowest BCUT2D eigenvalue weighted by molar-refractivity contribution is -0.192. The predicted octanol–water partition coefficient (Wildman–Crippen LogP) is 2.06. The molecule has 0 atom stereocenters. The maximum atomic E-state index is 13.9. The number of alkyl halides is 3. The van der Waals surface area contributed by atoms with E-state index in [9.17, 15) is 27.6 Å². The maximum absolute atomic E-state index is 13.9. The van der Waals surface area contributed by atoms with E-state index in [0.717, 1.165) is 5.56 Å². The first-order valence-electron chi connectivity index (χ1n) is 12.8. The summed E-state index contributed by atoms with van der Waals surface area (Å²) in [4.78, 5) is 52.3. The Morgan fingerprint density at radius 2 is 1.75 bits per heavy atom. The number of amides is 3. The van der Waals surface area contributed by atoms with Crippen LogP contribution in [0.15, 0.2) is 47.0 Å². The number of fused-ring (bicyclic) bond motifs is 2. The van der Waals surface area contributed by atoms with Gasteiger partial charge in [-0.15, -0.1) is 0 Å². The summed E-state index contributed by atoms with van der Waals surface area (Å²) in [7, 11) is 5.36.